The van der Waals surface area contributed by atoms with E-state index < -0.39 is 23.0 Å². The van der Waals surface area contributed by atoms with E-state index in [0.717, 1.165) is 22.2 Å². The monoisotopic (exact) mass is 376 g/mol. The van der Waals surface area contributed by atoms with Gasteiger partial charge in [-0.25, -0.2) is 0 Å². The topological polar surface area (TPSA) is 84.0 Å². The van der Waals surface area contributed by atoms with Gasteiger partial charge in [-0.05, 0) is 30.3 Å². The number of carbonyl (C=O) groups excluding carboxylic acids is 4. The molecule has 0 spiro atoms. The summed E-state index contributed by atoms with van der Waals surface area (Å²) in [6.07, 6.45) is 1.69. The molecule has 0 atom stereocenters. The molecule has 0 saturated carbocycles. The Bertz CT molecular complexity index is 732. The summed E-state index contributed by atoms with van der Waals surface area (Å²) in [5.74, 6) is -1.31. The second-order valence-corrected chi connectivity index (χ2v) is 6.54. The van der Waals surface area contributed by atoms with E-state index in [1.165, 1.54) is 11.9 Å². The van der Waals surface area contributed by atoms with Gasteiger partial charge in [0.2, 0.25) is 5.91 Å². The van der Waals surface area contributed by atoms with E-state index in [1.807, 2.05) is 30.3 Å². The SMILES string of the molecule is CCOC(=O)CCN(C)C(=O)CN1C(=O)S/C(=C/c2ccccc2)C1=O. The van der Waals surface area contributed by atoms with Crippen LogP contribution < -0.4 is 0 Å². The van der Waals surface area contributed by atoms with Crippen molar-refractivity contribution in [2.24, 2.45) is 0 Å². The molecule has 0 radical (unpaired) electrons. The molecule has 2 rings (SSSR count). The third-order valence-electron chi connectivity index (χ3n) is 3.65. The maximum Gasteiger partial charge on any atom is 0.307 e. The summed E-state index contributed by atoms with van der Waals surface area (Å²) in [4.78, 5) is 50.6. The van der Waals surface area contributed by atoms with Crippen molar-refractivity contribution in [2.75, 3.05) is 26.7 Å². The van der Waals surface area contributed by atoms with Crippen molar-refractivity contribution in [3.05, 3.63) is 40.8 Å². The molecule has 1 fully saturated rings. The standard InChI is InChI=1S/C18H20N2O5S/c1-3-25-16(22)9-10-19(2)15(21)12-20-17(23)14(26-18(20)24)11-13-7-5-4-6-8-13/h4-8,11H,3,9-10,12H2,1-2H3/b14-11+. The largest absolute Gasteiger partial charge is 0.466 e. The summed E-state index contributed by atoms with van der Waals surface area (Å²) in [7, 11) is 1.51. The summed E-state index contributed by atoms with van der Waals surface area (Å²) in [5, 5.41) is -0.482. The van der Waals surface area contributed by atoms with Gasteiger partial charge in [0.25, 0.3) is 11.1 Å². The molecule has 8 heteroatoms. The molecular formula is C18H20N2O5S. The van der Waals surface area contributed by atoms with E-state index in [2.05, 4.69) is 0 Å². The van der Waals surface area contributed by atoms with Crippen LogP contribution in [0.25, 0.3) is 6.08 Å². The maximum atomic E-state index is 12.4. The fraction of sp³-hybridized carbons (Fsp3) is 0.333. The Balaban J connectivity index is 1.95. The van der Waals surface area contributed by atoms with Crippen LogP contribution in [0.5, 0.6) is 0 Å². The number of esters is 1. The number of imide groups is 1. The van der Waals surface area contributed by atoms with E-state index in [1.54, 1.807) is 13.0 Å². The van der Waals surface area contributed by atoms with Crippen molar-refractivity contribution < 1.29 is 23.9 Å². The van der Waals surface area contributed by atoms with Crippen molar-refractivity contribution in [1.82, 2.24) is 9.80 Å². The van der Waals surface area contributed by atoms with Crippen LogP contribution in [-0.4, -0.2) is 59.6 Å². The van der Waals surface area contributed by atoms with E-state index >= 15 is 0 Å². The molecule has 0 aliphatic carbocycles. The fourth-order valence-electron chi connectivity index (χ4n) is 2.21. The minimum Gasteiger partial charge on any atom is -0.466 e. The van der Waals surface area contributed by atoms with Crippen LogP contribution in [0.15, 0.2) is 35.2 Å². The summed E-state index contributed by atoms with van der Waals surface area (Å²) in [6.45, 7) is 1.79. The van der Waals surface area contributed by atoms with Crippen LogP contribution in [0.4, 0.5) is 4.79 Å². The molecule has 0 aromatic heterocycles. The van der Waals surface area contributed by atoms with Gasteiger partial charge in [-0.15, -0.1) is 0 Å². The maximum absolute atomic E-state index is 12.4. The molecule has 0 unspecified atom stereocenters. The van der Waals surface area contributed by atoms with Crippen molar-refractivity contribution in [3.63, 3.8) is 0 Å². The van der Waals surface area contributed by atoms with Crippen LogP contribution in [-0.2, 0) is 19.1 Å². The zero-order chi connectivity index (χ0) is 19.1. The molecule has 26 heavy (non-hydrogen) atoms. The van der Waals surface area contributed by atoms with Crippen LogP contribution in [0.3, 0.4) is 0 Å². The van der Waals surface area contributed by atoms with Gasteiger partial charge in [-0.3, -0.25) is 24.1 Å². The van der Waals surface area contributed by atoms with Crippen molar-refractivity contribution in [1.29, 1.82) is 0 Å². The van der Waals surface area contributed by atoms with Crippen LogP contribution in [0.2, 0.25) is 0 Å². The number of ether oxygens (including phenoxy) is 1. The quantitative estimate of drug-likeness (QED) is 0.535. The lowest BCUT2D eigenvalue weighted by Gasteiger charge is -2.19. The van der Waals surface area contributed by atoms with Crippen LogP contribution in [0, 0.1) is 0 Å². The Labute approximate surface area is 156 Å². The third-order valence-corrected chi connectivity index (χ3v) is 4.55. The molecule has 0 bridgehead atoms. The first kappa shape index (κ1) is 19.7. The van der Waals surface area contributed by atoms with Crippen molar-refractivity contribution in [3.8, 4) is 0 Å². The molecular weight excluding hydrogens is 356 g/mol. The average molecular weight is 376 g/mol. The fourth-order valence-corrected chi connectivity index (χ4v) is 3.05. The number of hydrogen-bond donors (Lipinski definition) is 0. The summed E-state index contributed by atoms with van der Waals surface area (Å²) in [6, 6.07) is 9.16. The number of nitrogens with zero attached hydrogens (tertiary/aromatic N) is 2. The Morgan fingerprint density at radius 3 is 2.58 bits per heavy atom. The van der Waals surface area contributed by atoms with Crippen LogP contribution >= 0.6 is 11.8 Å². The predicted molar refractivity (Wildman–Crippen MR) is 98.0 cm³/mol. The molecule has 1 aromatic carbocycles. The predicted octanol–water partition coefficient (Wildman–Crippen LogP) is 2.13. The molecule has 1 aliphatic heterocycles. The minimum absolute atomic E-state index is 0.0614. The number of benzene rings is 1. The lowest BCUT2D eigenvalue weighted by molar-refractivity contribution is -0.144. The first-order valence-corrected chi connectivity index (χ1v) is 8.94. The Kier molecular flexibility index (Phi) is 6.97. The highest BCUT2D eigenvalue weighted by Gasteiger charge is 2.36. The Morgan fingerprint density at radius 1 is 1.23 bits per heavy atom. The zero-order valence-electron chi connectivity index (χ0n) is 14.6. The summed E-state index contributed by atoms with van der Waals surface area (Å²) < 4.78 is 4.80. The molecule has 1 aromatic rings. The highest BCUT2D eigenvalue weighted by molar-refractivity contribution is 8.18. The van der Waals surface area contributed by atoms with Gasteiger partial charge in [0.15, 0.2) is 0 Å². The molecule has 138 valence electrons. The number of likely N-dealkylation sites (N-methyl/N-ethyl adjacent to an activating group) is 1. The lowest BCUT2D eigenvalue weighted by atomic mass is 10.2. The first-order valence-electron chi connectivity index (χ1n) is 8.12. The number of thioether (sulfide) groups is 1. The molecule has 1 aliphatic rings. The number of amides is 3. The van der Waals surface area contributed by atoms with Crippen molar-refractivity contribution >= 4 is 40.9 Å². The summed E-state index contributed by atoms with van der Waals surface area (Å²) >= 11 is 0.809. The lowest BCUT2D eigenvalue weighted by Crippen LogP contribution is -2.41. The number of carbonyl (C=O) groups is 4. The average Bonchev–Trinajstić information content (AvgIpc) is 2.88. The van der Waals surface area contributed by atoms with Gasteiger partial charge >= 0.3 is 5.97 Å². The second-order valence-electron chi connectivity index (χ2n) is 5.55. The second kappa shape index (κ2) is 9.19. The molecule has 3 amide bonds. The molecule has 1 heterocycles. The highest BCUT2D eigenvalue weighted by atomic mass is 32.2. The van der Waals surface area contributed by atoms with Gasteiger partial charge in [-0.2, -0.15) is 0 Å². The summed E-state index contributed by atoms with van der Waals surface area (Å²) in [5.41, 5.74) is 0.802. The smallest absolute Gasteiger partial charge is 0.307 e. The number of rotatable bonds is 7. The molecule has 1 saturated heterocycles. The first-order chi connectivity index (χ1) is 12.4. The van der Waals surface area contributed by atoms with E-state index in [-0.39, 0.29) is 31.0 Å². The van der Waals surface area contributed by atoms with Gasteiger partial charge in [-0.1, -0.05) is 30.3 Å². The minimum atomic E-state index is -0.490. The van der Waals surface area contributed by atoms with Gasteiger partial charge in [0, 0.05) is 13.6 Å². The van der Waals surface area contributed by atoms with Crippen LogP contribution in [0.1, 0.15) is 18.9 Å². The van der Waals surface area contributed by atoms with Gasteiger partial charge in [0.05, 0.1) is 17.9 Å². The highest BCUT2D eigenvalue weighted by Crippen LogP contribution is 2.32. The van der Waals surface area contributed by atoms with E-state index in [0.29, 0.717) is 0 Å². The molecule has 0 N–H and O–H groups in total. The normalized spacial score (nSPS) is 15.5. The number of hydrogen-bond acceptors (Lipinski definition) is 6. The van der Waals surface area contributed by atoms with Crippen molar-refractivity contribution in [2.45, 2.75) is 13.3 Å². The van der Waals surface area contributed by atoms with E-state index in [4.69, 9.17) is 4.74 Å². The zero-order valence-corrected chi connectivity index (χ0v) is 15.5. The third kappa shape index (κ3) is 5.19. The molecule has 7 nitrogen and oxygen atoms in total. The van der Waals surface area contributed by atoms with Gasteiger partial charge < -0.3 is 9.64 Å². The Morgan fingerprint density at radius 2 is 1.92 bits per heavy atom. The van der Waals surface area contributed by atoms with E-state index in [9.17, 15) is 19.2 Å². The Hall–Kier alpha value is -2.61. The van der Waals surface area contributed by atoms with Gasteiger partial charge in [0.1, 0.15) is 6.54 Å².